The van der Waals surface area contributed by atoms with Crippen LogP contribution in [0.2, 0.25) is 0 Å². The number of hydrogen-bond donors (Lipinski definition) is 2. The summed E-state index contributed by atoms with van der Waals surface area (Å²) in [4.78, 5) is 21.4. The van der Waals surface area contributed by atoms with E-state index >= 15 is 0 Å². The van der Waals surface area contributed by atoms with Crippen molar-refractivity contribution >= 4 is 17.5 Å². The van der Waals surface area contributed by atoms with Gasteiger partial charge >= 0.3 is 0 Å². The number of benzene rings is 3. The first-order chi connectivity index (χ1) is 16.1. The third-order valence-corrected chi connectivity index (χ3v) is 5.03. The summed E-state index contributed by atoms with van der Waals surface area (Å²) < 4.78 is 10.4. The minimum absolute atomic E-state index is 0.145. The monoisotopic (exact) mass is 440 g/mol. The summed E-state index contributed by atoms with van der Waals surface area (Å²) in [6.07, 6.45) is 1.70. The predicted octanol–water partition coefficient (Wildman–Crippen LogP) is 4.83. The second-order valence-electron chi connectivity index (χ2n) is 7.23. The lowest BCUT2D eigenvalue weighted by Crippen LogP contribution is -2.22. The van der Waals surface area contributed by atoms with Crippen LogP contribution in [-0.4, -0.2) is 30.1 Å². The van der Waals surface area contributed by atoms with E-state index in [2.05, 4.69) is 20.6 Å². The number of nitrogens with one attached hydrogen (secondary N) is 2. The molecule has 7 heteroatoms. The minimum atomic E-state index is -0.145. The zero-order valence-electron chi connectivity index (χ0n) is 18.4. The molecule has 166 valence electrons. The molecule has 0 fully saturated rings. The standard InChI is InChI=1S/C26H24N4O3/c1-32-22-12-10-21(11-13-22)29-26-27-15-14-24(30-26)19-6-8-20(9-7-19)25(31)28-17-18-4-3-5-23(16-18)33-2/h3-16H,17H2,1-2H3,(H,28,31)(H,27,29,30). The molecule has 1 aromatic heterocycles. The van der Waals surface area contributed by atoms with Crippen molar-refractivity contribution in [1.82, 2.24) is 15.3 Å². The van der Waals surface area contributed by atoms with Crippen LogP contribution in [0.1, 0.15) is 15.9 Å². The van der Waals surface area contributed by atoms with Gasteiger partial charge in [-0.25, -0.2) is 9.97 Å². The molecule has 7 nitrogen and oxygen atoms in total. The predicted molar refractivity (Wildman–Crippen MR) is 128 cm³/mol. The number of amides is 1. The quantitative estimate of drug-likeness (QED) is 0.408. The highest BCUT2D eigenvalue weighted by molar-refractivity contribution is 5.94. The summed E-state index contributed by atoms with van der Waals surface area (Å²) in [5.41, 5.74) is 4.05. The molecule has 0 unspecified atom stereocenters. The lowest BCUT2D eigenvalue weighted by atomic mass is 10.1. The van der Waals surface area contributed by atoms with Crippen molar-refractivity contribution in [1.29, 1.82) is 0 Å². The van der Waals surface area contributed by atoms with Crippen LogP contribution in [0.5, 0.6) is 11.5 Å². The third kappa shape index (κ3) is 5.65. The van der Waals surface area contributed by atoms with Crippen molar-refractivity contribution in [3.63, 3.8) is 0 Å². The highest BCUT2D eigenvalue weighted by Gasteiger charge is 2.08. The Bertz CT molecular complexity index is 1230. The Morgan fingerprint density at radius 1 is 0.879 bits per heavy atom. The lowest BCUT2D eigenvalue weighted by molar-refractivity contribution is 0.0951. The number of anilines is 2. The maximum atomic E-state index is 12.5. The molecule has 4 rings (SSSR count). The van der Waals surface area contributed by atoms with Gasteiger partial charge in [-0.2, -0.15) is 0 Å². The van der Waals surface area contributed by atoms with Crippen LogP contribution in [0.15, 0.2) is 85.1 Å². The van der Waals surface area contributed by atoms with Gasteiger partial charge in [0.2, 0.25) is 5.95 Å². The van der Waals surface area contributed by atoms with Crippen LogP contribution < -0.4 is 20.1 Å². The van der Waals surface area contributed by atoms with Gasteiger partial charge in [0.1, 0.15) is 11.5 Å². The molecule has 0 saturated carbocycles. The molecule has 1 amide bonds. The van der Waals surface area contributed by atoms with Crippen LogP contribution in [0.3, 0.4) is 0 Å². The van der Waals surface area contributed by atoms with Crippen LogP contribution in [0.25, 0.3) is 11.3 Å². The van der Waals surface area contributed by atoms with Gasteiger partial charge in [0.15, 0.2) is 0 Å². The molecule has 0 spiro atoms. The van der Waals surface area contributed by atoms with Gasteiger partial charge in [0.05, 0.1) is 19.9 Å². The van der Waals surface area contributed by atoms with E-state index in [1.165, 1.54) is 0 Å². The summed E-state index contributed by atoms with van der Waals surface area (Å²) in [5, 5.41) is 6.12. The summed E-state index contributed by atoms with van der Waals surface area (Å²) in [5.74, 6) is 1.88. The first kappa shape index (κ1) is 21.8. The average Bonchev–Trinajstić information content (AvgIpc) is 2.88. The molecule has 33 heavy (non-hydrogen) atoms. The summed E-state index contributed by atoms with van der Waals surface area (Å²) >= 11 is 0. The smallest absolute Gasteiger partial charge is 0.251 e. The Balaban J connectivity index is 1.40. The van der Waals surface area contributed by atoms with Crippen molar-refractivity contribution in [2.75, 3.05) is 19.5 Å². The van der Waals surface area contributed by atoms with Crippen LogP contribution in [0, 0.1) is 0 Å². The van der Waals surface area contributed by atoms with E-state index in [0.717, 1.165) is 34.0 Å². The molecule has 0 aliphatic carbocycles. The summed E-state index contributed by atoms with van der Waals surface area (Å²) in [7, 11) is 3.25. The number of carbonyl (C=O) groups excluding carboxylic acids is 1. The fraction of sp³-hybridized carbons (Fsp3) is 0.115. The van der Waals surface area contributed by atoms with Gasteiger partial charge in [-0.05, 0) is 60.2 Å². The van der Waals surface area contributed by atoms with Crippen molar-refractivity contribution in [3.8, 4) is 22.8 Å². The van der Waals surface area contributed by atoms with Crippen LogP contribution in [0.4, 0.5) is 11.6 Å². The zero-order valence-corrected chi connectivity index (χ0v) is 18.4. The Morgan fingerprint density at radius 3 is 2.36 bits per heavy atom. The van der Waals surface area contributed by atoms with Gasteiger partial charge < -0.3 is 20.1 Å². The SMILES string of the molecule is COc1ccc(Nc2nccc(-c3ccc(C(=O)NCc4cccc(OC)c4)cc3)n2)cc1. The largest absolute Gasteiger partial charge is 0.497 e. The van der Waals surface area contributed by atoms with Crippen molar-refractivity contribution < 1.29 is 14.3 Å². The zero-order chi connectivity index (χ0) is 23.0. The number of carbonyl (C=O) groups is 1. The lowest BCUT2D eigenvalue weighted by Gasteiger charge is -2.09. The molecule has 4 aromatic rings. The van der Waals surface area contributed by atoms with Crippen LogP contribution in [-0.2, 0) is 6.54 Å². The van der Waals surface area contributed by atoms with Crippen molar-refractivity contribution in [3.05, 3.63) is 96.2 Å². The van der Waals surface area contributed by atoms with Gasteiger partial charge in [0, 0.05) is 29.6 Å². The van der Waals surface area contributed by atoms with E-state index in [-0.39, 0.29) is 5.91 Å². The maximum Gasteiger partial charge on any atom is 0.251 e. The number of ether oxygens (including phenoxy) is 2. The number of nitrogens with zero attached hydrogens (tertiary/aromatic N) is 2. The molecule has 0 bridgehead atoms. The molecule has 0 aliphatic heterocycles. The van der Waals surface area contributed by atoms with E-state index in [0.29, 0.717) is 18.1 Å². The topological polar surface area (TPSA) is 85.4 Å². The second kappa shape index (κ2) is 10.3. The molecular formula is C26H24N4O3. The van der Waals surface area contributed by atoms with Crippen molar-refractivity contribution in [2.45, 2.75) is 6.54 Å². The van der Waals surface area contributed by atoms with Crippen molar-refractivity contribution in [2.24, 2.45) is 0 Å². The Kier molecular flexibility index (Phi) is 6.80. The Labute approximate surface area is 192 Å². The highest BCUT2D eigenvalue weighted by Crippen LogP contribution is 2.21. The van der Waals surface area contributed by atoms with Gasteiger partial charge in [-0.3, -0.25) is 4.79 Å². The number of methoxy groups -OCH3 is 2. The summed E-state index contributed by atoms with van der Waals surface area (Å²) in [6, 6.07) is 24.3. The molecule has 3 aromatic carbocycles. The second-order valence-corrected chi connectivity index (χ2v) is 7.23. The summed E-state index contributed by atoms with van der Waals surface area (Å²) in [6.45, 7) is 0.421. The Hall–Kier alpha value is -4.39. The average molecular weight is 441 g/mol. The van der Waals surface area contributed by atoms with Crippen LogP contribution >= 0.6 is 0 Å². The molecule has 0 saturated heterocycles. The fourth-order valence-electron chi connectivity index (χ4n) is 3.24. The molecule has 2 N–H and O–H groups in total. The molecule has 0 atom stereocenters. The third-order valence-electron chi connectivity index (χ3n) is 5.03. The number of hydrogen-bond acceptors (Lipinski definition) is 6. The normalized spacial score (nSPS) is 10.4. The number of rotatable bonds is 8. The first-order valence-corrected chi connectivity index (χ1v) is 10.4. The van der Waals surface area contributed by atoms with E-state index in [4.69, 9.17) is 9.47 Å². The van der Waals surface area contributed by atoms with Gasteiger partial charge in [0.25, 0.3) is 5.91 Å². The van der Waals surface area contributed by atoms with E-state index < -0.39 is 0 Å². The van der Waals surface area contributed by atoms with E-state index in [9.17, 15) is 4.79 Å². The molecule has 0 aliphatic rings. The molecule has 0 radical (unpaired) electrons. The number of aromatic nitrogens is 2. The Morgan fingerprint density at radius 2 is 1.64 bits per heavy atom. The van der Waals surface area contributed by atoms with Gasteiger partial charge in [-0.15, -0.1) is 0 Å². The maximum absolute atomic E-state index is 12.5. The van der Waals surface area contributed by atoms with E-state index in [1.54, 1.807) is 32.5 Å². The van der Waals surface area contributed by atoms with Gasteiger partial charge in [-0.1, -0.05) is 24.3 Å². The highest BCUT2D eigenvalue weighted by atomic mass is 16.5. The fourth-order valence-corrected chi connectivity index (χ4v) is 3.24. The van der Waals surface area contributed by atoms with E-state index in [1.807, 2.05) is 66.7 Å². The minimum Gasteiger partial charge on any atom is -0.497 e. The molecule has 1 heterocycles. The first-order valence-electron chi connectivity index (χ1n) is 10.4. The molecular weight excluding hydrogens is 416 g/mol.